The maximum atomic E-state index is 13.9. The first kappa shape index (κ1) is 28.4. The summed E-state index contributed by atoms with van der Waals surface area (Å²) in [6.45, 7) is 5.21. The molecule has 1 aliphatic heterocycles. The molecule has 1 unspecified atom stereocenters. The molecule has 9 heteroatoms. The lowest BCUT2D eigenvalue weighted by atomic mass is 9.92. The molecule has 0 spiro atoms. The van der Waals surface area contributed by atoms with Gasteiger partial charge in [-0.2, -0.15) is 13.2 Å². The van der Waals surface area contributed by atoms with Crippen LogP contribution >= 0.6 is 15.9 Å². The molecule has 1 amide bonds. The first-order valence-electron chi connectivity index (χ1n) is 12.4. The molecule has 5 nitrogen and oxygen atoms in total. The molecule has 0 saturated carbocycles. The van der Waals surface area contributed by atoms with Crippen LogP contribution in [0.5, 0.6) is 5.75 Å². The predicted octanol–water partition coefficient (Wildman–Crippen LogP) is 7.51. The molecule has 0 radical (unpaired) electrons. The normalized spacial score (nSPS) is 15.7. The van der Waals surface area contributed by atoms with Gasteiger partial charge in [-0.3, -0.25) is 9.59 Å². The molecule has 39 heavy (non-hydrogen) atoms. The molecule has 3 aromatic carbocycles. The molecule has 4 rings (SSSR count). The third-order valence-corrected chi connectivity index (χ3v) is 6.67. The van der Waals surface area contributed by atoms with Gasteiger partial charge in [0.15, 0.2) is 11.5 Å². The quantitative estimate of drug-likeness (QED) is 0.238. The summed E-state index contributed by atoms with van der Waals surface area (Å²) < 4.78 is 52.5. The Morgan fingerprint density at radius 1 is 1.03 bits per heavy atom. The van der Waals surface area contributed by atoms with Crippen molar-refractivity contribution in [1.29, 1.82) is 0 Å². The van der Waals surface area contributed by atoms with E-state index in [2.05, 4.69) is 15.9 Å². The van der Waals surface area contributed by atoms with E-state index in [0.29, 0.717) is 16.7 Å². The fourth-order valence-electron chi connectivity index (χ4n) is 4.45. The van der Waals surface area contributed by atoms with Gasteiger partial charge in [0.05, 0.1) is 36.4 Å². The number of hydrogen-bond acceptors (Lipinski definition) is 4. The Morgan fingerprint density at radius 2 is 1.69 bits per heavy atom. The van der Waals surface area contributed by atoms with Crippen molar-refractivity contribution in [3.8, 4) is 5.75 Å². The summed E-state index contributed by atoms with van der Waals surface area (Å²) >= 11 is 3.42. The average molecular weight is 602 g/mol. The maximum Gasteiger partial charge on any atom is 0.416 e. The molecule has 3 aromatic rings. The summed E-state index contributed by atoms with van der Waals surface area (Å²) in [4.78, 5) is 29.2. The average Bonchev–Trinajstić information content (AvgIpc) is 3.15. The fraction of sp³-hybridized carbons (Fsp3) is 0.267. The van der Waals surface area contributed by atoms with Crippen molar-refractivity contribution in [1.82, 2.24) is 4.90 Å². The Labute approximate surface area is 233 Å². The second-order valence-electron chi connectivity index (χ2n) is 9.24. The maximum absolute atomic E-state index is 13.9. The summed E-state index contributed by atoms with van der Waals surface area (Å²) in [5.41, 5.74) is 0.732. The SMILES string of the molecule is CCOc1cc(C(F)(F)F)ccc1CN1C(=O)C(OC(C)C)=C(C(=O)c2ccccc2)C1c1ccc(Br)cc1. The number of carbonyl (C=O) groups excluding carboxylic acids is 2. The first-order chi connectivity index (χ1) is 18.5. The molecule has 0 aliphatic carbocycles. The van der Waals surface area contributed by atoms with Gasteiger partial charge in [-0.15, -0.1) is 0 Å². The van der Waals surface area contributed by atoms with Gasteiger partial charge in [0.1, 0.15) is 5.75 Å². The molecular weight excluding hydrogens is 575 g/mol. The zero-order valence-corrected chi connectivity index (χ0v) is 23.2. The van der Waals surface area contributed by atoms with Crippen molar-refractivity contribution in [2.45, 2.75) is 45.6 Å². The number of carbonyl (C=O) groups is 2. The van der Waals surface area contributed by atoms with Crippen molar-refractivity contribution in [3.63, 3.8) is 0 Å². The van der Waals surface area contributed by atoms with Crippen molar-refractivity contribution in [3.05, 3.63) is 111 Å². The second-order valence-corrected chi connectivity index (χ2v) is 10.2. The Morgan fingerprint density at radius 3 is 2.28 bits per heavy atom. The van der Waals surface area contributed by atoms with Gasteiger partial charge < -0.3 is 14.4 Å². The smallest absolute Gasteiger partial charge is 0.416 e. The largest absolute Gasteiger partial charge is 0.494 e. The highest BCUT2D eigenvalue weighted by molar-refractivity contribution is 9.10. The molecule has 1 aliphatic rings. The van der Waals surface area contributed by atoms with E-state index < -0.39 is 29.8 Å². The summed E-state index contributed by atoms with van der Waals surface area (Å²) in [5, 5.41) is 0. The van der Waals surface area contributed by atoms with Crippen LogP contribution in [-0.2, 0) is 22.3 Å². The molecule has 0 fully saturated rings. The summed E-state index contributed by atoms with van der Waals surface area (Å²) in [5.74, 6) is -0.953. The second kappa shape index (κ2) is 11.7. The van der Waals surface area contributed by atoms with E-state index in [4.69, 9.17) is 9.47 Å². The van der Waals surface area contributed by atoms with Gasteiger partial charge in [0.25, 0.3) is 5.91 Å². The molecule has 0 saturated heterocycles. The van der Waals surface area contributed by atoms with Gasteiger partial charge in [0.2, 0.25) is 0 Å². The molecule has 1 heterocycles. The minimum absolute atomic E-state index is 0.0174. The predicted molar refractivity (Wildman–Crippen MR) is 144 cm³/mol. The summed E-state index contributed by atoms with van der Waals surface area (Å²) in [7, 11) is 0. The standard InChI is InChI=1S/C30H27BrF3NO4/c1-4-38-24-16-22(30(32,33)34)13-10-21(24)17-35-26(19-11-14-23(31)15-12-19)25(28(29(35)37)39-18(2)3)27(36)20-8-6-5-7-9-20/h5-16,18,26H,4,17H2,1-3H3. The van der Waals surface area contributed by atoms with Crippen molar-refractivity contribution in [2.75, 3.05) is 6.61 Å². The Kier molecular flexibility index (Phi) is 8.49. The molecule has 204 valence electrons. The lowest BCUT2D eigenvalue weighted by Crippen LogP contribution is -2.31. The van der Waals surface area contributed by atoms with Crippen LogP contribution in [-0.4, -0.2) is 29.3 Å². The highest BCUT2D eigenvalue weighted by Crippen LogP contribution is 2.43. The molecule has 0 bridgehead atoms. The number of amides is 1. The number of alkyl halides is 3. The molecule has 0 aromatic heterocycles. The van der Waals surface area contributed by atoms with Crippen molar-refractivity contribution < 1.29 is 32.2 Å². The topological polar surface area (TPSA) is 55.8 Å². The molecule has 0 N–H and O–H groups in total. The number of ketones is 1. The Bertz CT molecular complexity index is 1390. The lowest BCUT2D eigenvalue weighted by Gasteiger charge is -2.28. The number of nitrogens with zero attached hydrogens (tertiary/aromatic N) is 1. The van der Waals surface area contributed by atoms with Crippen LogP contribution in [0.1, 0.15) is 53.9 Å². The van der Waals surface area contributed by atoms with E-state index in [0.717, 1.165) is 16.6 Å². The van der Waals surface area contributed by atoms with E-state index in [-0.39, 0.29) is 36.0 Å². The van der Waals surface area contributed by atoms with E-state index in [1.807, 2.05) is 0 Å². The van der Waals surface area contributed by atoms with Crippen LogP contribution in [0, 0.1) is 0 Å². The van der Waals surface area contributed by atoms with Crippen LogP contribution in [0.25, 0.3) is 0 Å². The van der Waals surface area contributed by atoms with Crippen LogP contribution < -0.4 is 4.74 Å². The summed E-state index contributed by atoms with van der Waals surface area (Å²) in [6, 6.07) is 18.1. The number of hydrogen-bond donors (Lipinski definition) is 0. The van der Waals surface area contributed by atoms with Gasteiger partial charge in [-0.05, 0) is 50.6 Å². The highest BCUT2D eigenvalue weighted by Gasteiger charge is 2.45. The van der Waals surface area contributed by atoms with Crippen molar-refractivity contribution >= 4 is 27.6 Å². The number of halogens is 4. The highest BCUT2D eigenvalue weighted by atomic mass is 79.9. The van der Waals surface area contributed by atoms with Gasteiger partial charge in [0, 0.05) is 15.6 Å². The lowest BCUT2D eigenvalue weighted by molar-refractivity contribution is -0.137. The Hall–Kier alpha value is -3.59. The third kappa shape index (κ3) is 6.19. The minimum atomic E-state index is -4.55. The van der Waals surface area contributed by atoms with Crippen LogP contribution in [0.2, 0.25) is 0 Å². The van der Waals surface area contributed by atoms with E-state index >= 15 is 0 Å². The van der Waals surface area contributed by atoms with Crippen molar-refractivity contribution in [2.24, 2.45) is 0 Å². The van der Waals surface area contributed by atoms with Gasteiger partial charge in [-0.25, -0.2) is 0 Å². The number of ether oxygens (including phenoxy) is 2. The van der Waals surface area contributed by atoms with Gasteiger partial charge in [-0.1, -0.05) is 64.5 Å². The van der Waals surface area contributed by atoms with E-state index in [1.54, 1.807) is 75.4 Å². The first-order valence-corrected chi connectivity index (χ1v) is 13.2. The zero-order chi connectivity index (χ0) is 28.3. The zero-order valence-electron chi connectivity index (χ0n) is 21.6. The fourth-order valence-corrected chi connectivity index (χ4v) is 4.72. The number of Topliss-reactive ketones (excluding diaryl/α,β-unsaturated/α-hetero) is 1. The van der Waals surface area contributed by atoms with E-state index in [1.165, 1.54) is 11.0 Å². The monoisotopic (exact) mass is 601 g/mol. The van der Waals surface area contributed by atoms with Crippen LogP contribution in [0.3, 0.4) is 0 Å². The van der Waals surface area contributed by atoms with Gasteiger partial charge >= 0.3 is 6.18 Å². The Balaban J connectivity index is 1.86. The third-order valence-electron chi connectivity index (χ3n) is 6.14. The number of benzene rings is 3. The molecule has 1 atom stereocenters. The number of rotatable bonds is 9. The van der Waals surface area contributed by atoms with E-state index in [9.17, 15) is 22.8 Å². The summed E-state index contributed by atoms with van der Waals surface area (Å²) in [6.07, 6.45) is -4.96. The van der Waals surface area contributed by atoms with Crippen LogP contribution in [0.15, 0.2) is 88.6 Å². The van der Waals surface area contributed by atoms with Crippen LogP contribution in [0.4, 0.5) is 13.2 Å². The molecular formula is C30H27BrF3NO4. The minimum Gasteiger partial charge on any atom is -0.494 e.